The van der Waals surface area contributed by atoms with Crippen molar-refractivity contribution in [2.45, 2.75) is 18.8 Å². The van der Waals surface area contributed by atoms with E-state index in [9.17, 15) is 4.79 Å². The molecule has 0 aliphatic carbocycles. The summed E-state index contributed by atoms with van der Waals surface area (Å²) < 4.78 is 5.67. The Balaban J connectivity index is 1.60. The number of morpholine rings is 1. The molecule has 1 fully saturated rings. The number of thioether (sulfide) groups is 1. The summed E-state index contributed by atoms with van der Waals surface area (Å²) in [5.74, 6) is 2.21. The van der Waals surface area contributed by atoms with Gasteiger partial charge in [0.25, 0.3) is 0 Å². The molecule has 0 bridgehead atoms. The summed E-state index contributed by atoms with van der Waals surface area (Å²) in [6, 6.07) is 10.6. The van der Waals surface area contributed by atoms with Gasteiger partial charge in [-0.25, -0.2) is 0 Å². The Morgan fingerprint density at radius 1 is 1.43 bits per heavy atom. The molecule has 1 aromatic rings. The van der Waals surface area contributed by atoms with Crippen LogP contribution in [0.3, 0.4) is 0 Å². The standard InChI is InChI=1S/C16H24N2O2S/c1-14(19)17-11-16-12-18(7-9-20-16)8-10-21-13-15-5-3-2-4-6-15/h2-6,16H,7-13H2,1H3,(H,17,19)/t16-/m0/s1. The minimum atomic E-state index is 0.00846. The Bertz CT molecular complexity index is 428. The molecule has 1 amide bonds. The number of carbonyl (C=O) groups is 1. The second-order valence-electron chi connectivity index (χ2n) is 5.27. The van der Waals surface area contributed by atoms with Crippen LogP contribution in [0.25, 0.3) is 0 Å². The number of hydrogen-bond donors (Lipinski definition) is 1. The minimum Gasteiger partial charge on any atom is -0.374 e. The van der Waals surface area contributed by atoms with Gasteiger partial charge in [0.2, 0.25) is 5.91 Å². The van der Waals surface area contributed by atoms with Crippen LogP contribution in [-0.4, -0.2) is 55.4 Å². The van der Waals surface area contributed by atoms with E-state index >= 15 is 0 Å². The van der Waals surface area contributed by atoms with Gasteiger partial charge >= 0.3 is 0 Å². The highest BCUT2D eigenvalue weighted by Gasteiger charge is 2.19. The topological polar surface area (TPSA) is 41.6 Å². The van der Waals surface area contributed by atoms with Crippen molar-refractivity contribution in [2.75, 3.05) is 38.5 Å². The van der Waals surface area contributed by atoms with E-state index in [0.29, 0.717) is 6.54 Å². The van der Waals surface area contributed by atoms with Crippen LogP contribution in [0, 0.1) is 0 Å². The molecule has 1 aliphatic rings. The van der Waals surface area contributed by atoms with E-state index in [0.717, 1.165) is 37.7 Å². The normalized spacial score (nSPS) is 19.4. The Kier molecular flexibility index (Phi) is 7.06. The average Bonchev–Trinajstić information content (AvgIpc) is 2.51. The molecule has 0 aromatic heterocycles. The fourth-order valence-electron chi connectivity index (χ4n) is 2.32. The van der Waals surface area contributed by atoms with E-state index in [4.69, 9.17) is 4.74 Å². The highest BCUT2D eigenvalue weighted by molar-refractivity contribution is 7.98. The summed E-state index contributed by atoms with van der Waals surface area (Å²) in [5.41, 5.74) is 1.38. The molecular weight excluding hydrogens is 284 g/mol. The SMILES string of the molecule is CC(=O)NC[C@H]1CN(CCSCc2ccccc2)CCO1. The van der Waals surface area contributed by atoms with Crippen molar-refractivity contribution >= 4 is 17.7 Å². The van der Waals surface area contributed by atoms with Gasteiger partial charge in [-0.15, -0.1) is 0 Å². The van der Waals surface area contributed by atoms with Gasteiger partial charge in [-0.1, -0.05) is 30.3 Å². The second-order valence-corrected chi connectivity index (χ2v) is 6.37. The number of rotatable bonds is 7. The predicted octanol–water partition coefficient (Wildman–Crippen LogP) is 1.76. The number of nitrogens with one attached hydrogen (secondary N) is 1. The first kappa shape index (κ1) is 16.3. The fourth-order valence-corrected chi connectivity index (χ4v) is 3.28. The number of hydrogen-bond acceptors (Lipinski definition) is 4. The zero-order chi connectivity index (χ0) is 14.9. The quantitative estimate of drug-likeness (QED) is 0.779. The van der Waals surface area contributed by atoms with E-state index in [2.05, 4.69) is 40.5 Å². The molecule has 1 N–H and O–H groups in total. The average molecular weight is 308 g/mol. The molecule has 1 aromatic carbocycles. The van der Waals surface area contributed by atoms with Gasteiger partial charge in [-0.05, 0) is 5.56 Å². The van der Waals surface area contributed by atoms with Crippen LogP contribution in [0.2, 0.25) is 0 Å². The lowest BCUT2D eigenvalue weighted by molar-refractivity contribution is -0.120. The van der Waals surface area contributed by atoms with Crippen molar-refractivity contribution in [3.63, 3.8) is 0 Å². The molecule has 0 saturated carbocycles. The van der Waals surface area contributed by atoms with Gasteiger partial charge in [0.05, 0.1) is 12.7 Å². The van der Waals surface area contributed by atoms with Crippen LogP contribution in [-0.2, 0) is 15.3 Å². The molecule has 5 heteroatoms. The van der Waals surface area contributed by atoms with Crippen LogP contribution in [0.15, 0.2) is 30.3 Å². The number of nitrogens with zero attached hydrogens (tertiary/aromatic N) is 1. The van der Waals surface area contributed by atoms with Crippen LogP contribution in [0.5, 0.6) is 0 Å². The molecule has 1 heterocycles. The third-order valence-electron chi connectivity index (χ3n) is 3.46. The van der Waals surface area contributed by atoms with E-state index in [1.54, 1.807) is 6.92 Å². The van der Waals surface area contributed by atoms with Gasteiger partial charge in [0.15, 0.2) is 0 Å². The first-order valence-corrected chi connectivity index (χ1v) is 8.59. The molecule has 2 rings (SSSR count). The molecule has 4 nitrogen and oxygen atoms in total. The monoisotopic (exact) mass is 308 g/mol. The number of amides is 1. The van der Waals surface area contributed by atoms with Gasteiger partial charge in [0, 0.05) is 44.6 Å². The maximum atomic E-state index is 10.9. The molecular formula is C16H24N2O2S. The lowest BCUT2D eigenvalue weighted by Crippen LogP contribution is -2.47. The first-order valence-electron chi connectivity index (χ1n) is 7.44. The summed E-state index contributed by atoms with van der Waals surface area (Å²) in [4.78, 5) is 13.4. The Morgan fingerprint density at radius 2 is 2.24 bits per heavy atom. The molecule has 0 spiro atoms. The number of carbonyl (C=O) groups excluding carboxylic acids is 1. The van der Waals surface area contributed by atoms with Crippen LogP contribution in [0.4, 0.5) is 0 Å². The highest BCUT2D eigenvalue weighted by Crippen LogP contribution is 2.13. The van der Waals surface area contributed by atoms with Gasteiger partial charge in [-0.2, -0.15) is 11.8 Å². The minimum absolute atomic E-state index is 0.00846. The molecule has 116 valence electrons. The molecule has 0 radical (unpaired) electrons. The van der Waals surface area contributed by atoms with E-state index in [1.807, 2.05) is 11.8 Å². The molecule has 1 atom stereocenters. The summed E-state index contributed by atoms with van der Waals surface area (Å²) in [7, 11) is 0. The zero-order valence-corrected chi connectivity index (χ0v) is 13.4. The van der Waals surface area contributed by atoms with Crippen LogP contribution in [0.1, 0.15) is 12.5 Å². The van der Waals surface area contributed by atoms with Gasteiger partial charge in [0.1, 0.15) is 0 Å². The van der Waals surface area contributed by atoms with E-state index in [-0.39, 0.29) is 12.0 Å². The number of benzene rings is 1. The largest absolute Gasteiger partial charge is 0.374 e. The summed E-state index contributed by atoms with van der Waals surface area (Å²) >= 11 is 1.97. The fraction of sp³-hybridized carbons (Fsp3) is 0.562. The summed E-state index contributed by atoms with van der Waals surface area (Å²) in [6.45, 7) is 5.89. The van der Waals surface area contributed by atoms with E-state index < -0.39 is 0 Å². The third-order valence-corrected chi connectivity index (χ3v) is 4.47. The Morgan fingerprint density at radius 3 is 3.00 bits per heavy atom. The molecule has 21 heavy (non-hydrogen) atoms. The predicted molar refractivity (Wildman–Crippen MR) is 87.5 cm³/mol. The smallest absolute Gasteiger partial charge is 0.216 e. The van der Waals surface area contributed by atoms with Crippen LogP contribution < -0.4 is 5.32 Å². The maximum absolute atomic E-state index is 10.9. The lowest BCUT2D eigenvalue weighted by Gasteiger charge is -2.32. The first-order chi connectivity index (χ1) is 10.2. The summed E-state index contributed by atoms with van der Waals surface area (Å²) in [6.07, 6.45) is 0.127. The van der Waals surface area contributed by atoms with Crippen molar-refractivity contribution in [3.8, 4) is 0 Å². The molecule has 1 saturated heterocycles. The third kappa shape index (κ3) is 6.50. The summed E-state index contributed by atoms with van der Waals surface area (Å²) in [5, 5.41) is 2.83. The van der Waals surface area contributed by atoms with Crippen molar-refractivity contribution in [2.24, 2.45) is 0 Å². The number of ether oxygens (including phenoxy) is 1. The van der Waals surface area contributed by atoms with Gasteiger partial charge < -0.3 is 10.1 Å². The van der Waals surface area contributed by atoms with Crippen molar-refractivity contribution in [1.82, 2.24) is 10.2 Å². The maximum Gasteiger partial charge on any atom is 0.216 e. The Hall–Kier alpha value is -1.04. The second kappa shape index (κ2) is 9.07. The zero-order valence-electron chi connectivity index (χ0n) is 12.6. The van der Waals surface area contributed by atoms with Crippen molar-refractivity contribution < 1.29 is 9.53 Å². The molecule has 1 aliphatic heterocycles. The highest BCUT2D eigenvalue weighted by atomic mass is 32.2. The van der Waals surface area contributed by atoms with Crippen LogP contribution >= 0.6 is 11.8 Å². The van der Waals surface area contributed by atoms with E-state index in [1.165, 1.54) is 5.56 Å². The van der Waals surface area contributed by atoms with Crippen molar-refractivity contribution in [3.05, 3.63) is 35.9 Å². The molecule has 0 unspecified atom stereocenters. The lowest BCUT2D eigenvalue weighted by atomic mass is 10.2. The van der Waals surface area contributed by atoms with Gasteiger partial charge in [-0.3, -0.25) is 9.69 Å². The Labute approximate surface area is 131 Å². The van der Waals surface area contributed by atoms with Crippen molar-refractivity contribution in [1.29, 1.82) is 0 Å².